The van der Waals surface area contributed by atoms with Gasteiger partial charge < -0.3 is 10.3 Å². The van der Waals surface area contributed by atoms with Crippen molar-refractivity contribution in [1.29, 1.82) is 0 Å². The van der Waals surface area contributed by atoms with E-state index in [1.807, 2.05) is 38.1 Å². The van der Waals surface area contributed by atoms with E-state index in [1.54, 1.807) is 0 Å². The molecule has 0 saturated carbocycles. The van der Waals surface area contributed by atoms with Gasteiger partial charge in [-0.25, -0.2) is 0 Å². The van der Waals surface area contributed by atoms with Gasteiger partial charge in [-0.05, 0) is 35.6 Å². The number of benzene rings is 1. The third-order valence-corrected chi connectivity index (χ3v) is 4.80. The summed E-state index contributed by atoms with van der Waals surface area (Å²) in [4.78, 5) is 39.7. The van der Waals surface area contributed by atoms with Crippen LogP contribution in [-0.4, -0.2) is 16.7 Å². The van der Waals surface area contributed by atoms with Crippen LogP contribution in [0, 0.1) is 5.41 Å². The summed E-state index contributed by atoms with van der Waals surface area (Å²) >= 11 is 3.38. The number of amides is 1. The van der Waals surface area contributed by atoms with Crippen molar-refractivity contribution in [2.24, 2.45) is 5.41 Å². The van der Waals surface area contributed by atoms with Gasteiger partial charge in [0.2, 0.25) is 0 Å². The SMILES string of the molecule is CC1(C)CC(=O)c2cc(C(=O)NCc3cccc(Br)c3)c(=O)[nH]c2C1. The maximum Gasteiger partial charge on any atom is 0.261 e. The molecule has 0 fully saturated rings. The van der Waals surface area contributed by atoms with Gasteiger partial charge in [0.25, 0.3) is 11.5 Å². The molecule has 130 valence electrons. The average molecular weight is 403 g/mol. The summed E-state index contributed by atoms with van der Waals surface area (Å²) < 4.78 is 0.916. The van der Waals surface area contributed by atoms with Gasteiger partial charge >= 0.3 is 0 Å². The van der Waals surface area contributed by atoms with Crippen molar-refractivity contribution in [2.75, 3.05) is 0 Å². The Kier molecular flexibility index (Phi) is 4.64. The third kappa shape index (κ3) is 3.90. The number of halogens is 1. The Bertz CT molecular complexity index is 915. The molecule has 5 nitrogen and oxygen atoms in total. The van der Waals surface area contributed by atoms with Crippen molar-refractivity contribution in [3.63, 3.8) is 0 Å². The molecule has 2 aromatic rings. The van der Waals surface area contributed by atoms with Gasteiger partial charge in [-0.1, -0.05) is 41.9 Å². The summed E-state index contributed by atoms with van der Waals surface area (Å²) in [5, 5.41) is 2.73. The van der Waals surface area contributed by atoms with E-state index in [0.29, 0.717) is 30.6 Å². The zero-order valence-electron chi connectivity index (χ0n) is 14.1. The highest BCUT2D eigenvalue weighted by molar-refractivity contribution is 9.10. The van der Waals surface area contributed by atoms with Gasteiger partial charge in [0.1, 0.15) is 5.56 Å². The fraction of sp³-hybridized carbons (Fsp3) is 0.316. The molecule has 1 heterocycles. The van der Waals surface area contributed by atoms with Crippen LogP contribution in [0.2, 0.25) is 0 Å². The first-order chi connectivity index (χ1) is 11.7. The first-order valence-corrected chi connectivity index (χ1v) is 8.86. The highest BCUT2D eigenvalue weighted by Gasteiger charge is 2.32. The normalized spacial score (nSPS) is 15.6. The van der Waals surface area contributed by atoms with Crippen molar-refractivity contribution in [2.45, 2.75) is 33.2 Å². The first kappa shape index (κ1) is 17.6. The number of nitrogens with one attached hydrogen (secondary N) is 2. The lowest BCUT2D eigenvalue weighted by Crippen LogP contribution is -2.34. The number of ketones is 1. The number of carbonyl (C=O) groups excluding carboxylic acids is 2. The Balaban J connectivity index is 1.83. The van der Waals surface area contributed by atoms with Gasteiger partial charge in [0.05, 0.1) is 0 Å². The Labute approximate surface area is 154 Å². The number of Topliss-reactive ketones (excluding diaryl/α,β-unsaturated/α-hetero) is 1. The topological polar surface area (TPSA) is 79.0 Å². The lowest BCUT2D eigenvalue weighted by Gasteiger charge is -2.29. The van der Waals surface area contributed by atoms with Gasteiger partial charge in [-0.3, -0.25) is 14.4 Å². The number of carbonyl (C=O) groups is 2. The number of aromatic amines is 1. The van der Waals surface area contributed by atoms with Crippen LogP contribution in [0.3, 0.4) is 0 Å². The first-order valence-electron chi connectivity index (χ1n) is 8.07. The molecule has 25 heavy (non-hydrogen) atoms. The van der Waals surface area contributed by atoms with E-state index in [2.05, 4.69) is 26.2 Å². The molecule has 0 spiro atoms. The van der Waals surface area contributed by atoms with Crippen molar-refractivity contribution < 1.29 is 9.59 Å². The Morgan fingerprint density at radius 2 is 2.00 bits per heavy atom. The maximum absolute atomic E-state index is 12.4. The summed E-state index contributed by atoms with van der Waals surface area (Å²) in [6, 6.07) is 8.98. The number of hydrogen-bond acceptors (Lipinski definition) is 3. The molecule has 0 aliphatic heterocycles. The Morgan fingerprint density at radius 1 is 1.24 bits per heavy atom. The highest BCUT2D eigenvalue weighted by atomic mass is 79.9. The minimum atomic E-state index is -0.485. The van der Waals surface area contributed by atoms with Gasteiger partial charge in [0.15, 0.2) is 5.78 Å². The monoisotopic (exact) mass is 402 g/mol. The number of rotatable bonds is 3. The minimum absolute atomic E-state index is 0.0261. The van der Waals surface area contributed by atoms with Crippen molar-refractivity contribution in [3.8, 4) is 0 Å². The van der Waals surface area contributed by atoms with E-state index >= 15 is 0 Å². The van der Waals surface area contributed by atoms with Crippen molar-refractivity contribution in [1.82, 2.24) is 10.3 Å². The molecular weight excluding hydrogens is 384 g/mol. The molecular formula is C19H19BrN2O3. The van der Waals surface area contributed by atoms with Gasteiger partial charge in [-0.2, -0.15) is 0 Å². The molecule has 3 rings (SSSR count). The molecule has 1 amide bonds. The standard InChI is InChI=1S/C19H19BrN2O3/c1-19(2)8-15-13(16(23)9-19)7-14(18(25)22-15)17(24)21-10-11-4-3-5-12(20)6-11/h3-7H,8-10H2,1-2H3,(H,21,24)(H,22,25). The van der Waals surface area contributed by atoms with Crippen molar-refractivity contribution >= 4 is 27.6 Å². The average Bonchev–Trinajstić information content (AvgIpc) is 2.51. The van der Waals surface area contributed by atoms with Crippen LogP contribution >= 0.6 is 15.9 Å². The molecule has 2 N–H and O–H groups in total. The molecule has 0 radical (unpaired) electrons. The van der Waals surface area contributed by atoms with E-state index in [9.17, 15) is 14.4 Å². The summed E-state index contributed by atoms with van der Waals surface area (Å²) in [7, 11) is 0. The molecule has 1 aliphatic carbocycles. The minimum Gasteiger partial charge on any atom is -0.348 e. The summed E-state index contributed by atoms with van der Waals surface area (Å²) in [6.45, 7) is 4.28. The number of fused-ring (bicyclic) bond motifs is 1. The molecule has 0 saturated heterocycles. The third-order valence-electron chi connectivity index (χ3n) is 4.30. The van der Waals surface area contributed by atoms with Crippen LogP contribution in [-0.2, 0) is 13.0 Å². The maximum atomic E-state index is 12.4. The number of aromatic nitrogens is 1. The number of H-pyrrole nitrogens is 1. The second-order valence-electron chi connectivity index (χ2n) is 7.16. The molecule has 0 bridgehead atoms. The summed E-state index contributed by atoms with van der Waals surface area (Å²) in [5.41, 5.74) is 1.31. The fourth-order valence-corrected chi connectivity index (χ4v) is 3.57. The van der Waals surface area contributed by atoms with E-state index in [0.717, 1.165) is 10.0 Å². The Morgan fingerprint density at radius 3 is 2.72 bits per heavy atom. The fourth-order valence-electron chi connectivity index (χ4n) is 3.12. The molecule has 0 unspecified atom stereocenters. The van der Waals surface area contributed by atoms with E-state index in [1.165, 1.54) is 6.07 Å². The van der Waals surface area contributed by atoms with Crippen LogP contribution in [0.4, 0.5) is 0 Å². The van der Waals surface area contributed by atoms with Crippen LogP contribution in [0.1, 0.15) is 52.2 Å². The Hall–Kier alpha value is -2.21. The largest absolute Gasteiger partial charge is 0.348 e. The van der Waals surface area contributed by atoms with E-state index in [4.69, 9.17) is 0 Å². The predicted molar refractivity (Wildman–Crippen MR) is 98.8 cm³/mol. The second-order valence-corrected chi connectivity index (χ2v) is 8.07. The van der Waals surface area contributed by atoms with E-state index < -0.39 is 11.5 Å². The van der Waals surface area contributed by atoms with Crippen LogP contribution in [0.15, 0.2) is 39.6 Å². The molecule has 0 atom stereocenters. The zero-order chi connectivity index (χ0) is 18.2. The number of pyridine rings is 1. The van der Waals surface area contributed by atoms with Crippen molar-refractivity contribution in [3.05, 3.63) is 67.5 Å². The lowest BCUT2D eigenvalue weighted by molar-refractivity contribution is 0.0910. The molecule has 6 heteroatoms. The molecule has 1 aromatic carbocycles. The second kappa shape index (κ2) is 6.59. The summed E-state index contributed by atoms with van der Waals surface area (Å²) in [5.74, 6) is -0.523. The van der Waals surface area contributed by atoms with Gasteiger partial charge in [0, 0.05) is 28.7 Å². The van der Waals surface area contributed by atoms with Gasteiger partial charge in [-0.15, -0.1) is 0 Å². The van der Waals surface area contributed by atoms with E-state index in [-0.39, 0.29) is 16.8 Å². The zero-order valence-corrected chi connectivity index (χ0v) is 15.7. The smallest absolute Gasteiger partial charge is 0.261 e. The number of hydrogen-bond donors (Lipinski definition) is 2. The van der Waals surface area contributed by atoms with Crippen LogP contribution in [0.25, 0.3) is 0 Å². The predicted octanol–water partition coefficient (Wildman–Crippen LogP) is 3.22. The lowest BCUT2D eigenvalue weighted by atomic mass is 9.75. The molecule has 1 aliphatic rings. The quantitative estimate of drug-likeness (QED) is 0.826. The van der Waals surface area contributed by atoms with Crippen LogP contribution in [0.5, 0.6) is 0 Å². The summed E-state index contributed by atoms with van der Waals surface area (Å²) in [6.07, 6.45) is 1.02. The molecule has 1 aromatic heterocycles. The highest BCUT2D eigenvalue weighted by Crippen LogP contribution is 2.33. The van der Waals surface area contributed by atoms with Crippen LogP contribution < -0.4 is 10.9 Å².